The molecule has 0 saturated heterocycles. The Labute approximate surface area is 349 Å². The number of anilines is 1. The number of benzene rings is 6. The van der Waals surface area contributed by atoms with E-state index in [0.29, 0.717) is 10.6 Å². The molecule has 2 aromatic heterocycles. The van der Waals surface area contributed by atoms with E-state index < -0.39 is 0 Å². The predicted molar refractivity (Wildman–Crippen MR) is 234 cm³/mol. The summed E-state index contributed by atoms with van der Waals surface area (Å²) in [6.45, 7) is 0. The first kappa shape index (κ1) is 39.7. The number of halogens is 1. The van der Waals surface area contributed by atoms with Crippen LogP contribution in [0.3, 0.4) is 0 Å². The number of ether oxygens (including phenoxy) is 2. The van der Waals surface area contributed by atoms with Gasteiger partial charge in [-0.05, 0) is 134 Å². The van der Waals surface area contributed by atoms with Gasteiger partial charge in [0.05, 0.1) is 11.4 Å². The summed E-state index contributed by atoms with van der Waals surface area (Å²) in [6.07, 6.45) is 3.84. The first-order valence-electron chi connectivity index (χ1n) is 18.0. The smallest absolute Gasteiger partial charge is 0.347 e. The molecule has 0 saturated carbocycles. The Balaban J connectivity index is 0.000000177. The van der Waals surface area contributed by atoms with Crippen molar-refractivity contribution in [3.8, 4) is 45.5 Å². The monoisotopic (exact) mass is 821 g/mol. The summed E-state index contributed by atoms with van der Waals surface area (Å²) >= 11 is 8.86. The van der Waals surface area contributed by atoms with E-state index >= 15 is 0 Å². The van der Waals surface area contributed by atoms with Crippen LogP contribution in [0.2, 0.25) is 5.02 Å². The van der Waals surface area contributed by atoms with E-state index in [4.69, 9.17) is 21.1 Å². The van der Waals surface area contributed by atoms with Gasteiger partial charge >= 0.3 is 6.03 Å². The van der Waals surface area contributed by atoms with Gasteiger partial charge in [-0.3, -0.25) is 4.79 Å². The fourth-order valence-electron chi connectivity index (χ4n) is 5.64. The first-order chi connectivity index (χ1) is 28.4. The third-order valence-electron chi connectivity index (χ3n) is 8.53. The number of para-hydroxylation sites is 3. The molecule has 0 fully saturated rings. The maximum atomic E-state index is 12.9. The number of carbonyl (C=O) groups excluding carboxylic acids is 2. The number of aromatic nitrogens is 4. The summed E-state index contributed by atoms with van der Waals surface area (Å²) in [5, 5.41) is 14.0. The third kappa shape index (κ3) is 10.1. The second kappa shape index (κ2) is 19.1. The summed E-state index contributed by atoms with van der Waals surface area (Å²) in [5.41, 5.74) is 4.53. The molecule has 0 radical (unpaired) electrons. The lowest BCUT2D eigenvalue weighted by Crippen LogP contribution is -2.21. The van der Waals surface area contributed by atoms with Gasteiger partial charge in [0.25, 0.3) is 5.91 Å². The molecule has 0 aliphatic rings. The summed E-state index contributed by atoms with van der Waals surface area (Å²) in [6, 6.07) is 54.2. The van der Waals surface area contributed by atoms with Crippen molar-refractivity contribution in [3.05, 3.63) is 187 Å². The zero-order valence-corrected chi connectivity index (χ0v) is 33.7. The summed E-state index contributed by atoms with van der Waals surface area (Å²) in [4.78, 5) is 25.5. The van der Waals surface area contributed by atoms with Crippen LogP contribution in [-0.4, -0.2) is 44.0 Å². The van der Waals surface area contributed by atoms with Crippen molar-refractivity contribution in [1.29, 1.82) is 0 Å². The molecule has 9 nitrogen and oxygen atoms in total. The largest absolute Gasteiger partial charge is 0.457 e. The number of hydrogen-bond donors (Lipinski definition) is 1. The van der Waals surface area contributed by atoms with Gasteiger partial charge in [0.1, 0.15) is 33.0 Å². The van der Waals surface area contributed by atoms with Gasteiger partial charge < -0.3 is 14.8 Å². The van der Waals surface area contributed by atoms with Gasteiger partial charge in [-0.25, -0.2) is 4.79 Å². The summed E-state index contributed by atoms with van der Waals surface area (Å²) < 4.78 is 14.5. The van der Waals surface area contributed by atoms with E-state index in [9.17, 15) is 9.59 Å². The van der Waals surface area contributed by atoms with Crippen LogP contribution >= 0.6 is 35.1 Å². The molecule has 0 spiro atoms. The van der Waals surface area contributed by atoms with Crippen LogP contribution in [0.4, 0.5) is 10.5 Å². The van der Waals surface area contributed by atoms with E-state index in [2.05, 4.69) is 15.5 Å². The average molecular weight is 822 g/mol. The van der Waals surface area contributed by atoms with Crippen molar-refractivity contribution in [1.82, 2.24) is 19.6 Å². The van der Waals surface area contributed by atoms with Gasteiger partial charge in [0, 0.05) is 27.4 Å². The molecule has 0 atom stereocenters. The minimum absolute atomic E-state index is 0.193. The van der Waals surface area contributed by atoms with Crippen LogP contribution < -0.4 is 14.8 Å². The Morgan fingerprint density at radius 1 is 0.534 bits per heavy atom. The molecule has 8 aromatic rings. The fourth-order valence-corrected chi connectivity index (χ4v) is 6.82. The van der Waals surface area contributed by atoms with E-state index in [0.717, 1.165) is 61.3 Å². The number of thioether (sulfide) groups is 2. The SMILES string of the molecule is CSc1cc(-c2ccc(Oc3ccccc3)cc2)nn1C(=O)Nc1ccccc1.CSc1cc(-c2ccc(Oc3ccccc3)cc2)nn1C(=O)c1ccc(Cl)cc1. The second-order valence-electron chi connectivity index (χ2n) is 12.5. The molecule has 58 heavy (non-hydrogen) atoms. The minimum atomic E-state index is -0.296. The molecule has 0 bridgehead atoms. The molecule has 12 heteroatoms. The van der Waals surface area contributed by atoms with Gasteiger partial charge in [-0.2, -0.15) is 19.6 Å². The Bertz CT molecular complexity index is 2580. The fraction of sp³-hybridized carbons (Fsp3) is 0.0435. The van der Waals surface area contributed by atoms with Gasteiger partial charge in [0.15, 0.2) is 0 Å². The highest BCUT2D eigenvalue weighted by atomic mass is 35.5. The van der Waals surface area contributed by atoms with Crippen LogP contribution in [0.15, 0.2) is 186 Å². The molecule has 6 aromatic carbocycles. The number of carbonyl (C=O) groups is 2. The topological polar surface area (TPSA) is 100 Å². The first-order valence-corrected chi connectivity index (χ1v) is 20.8. The average Bonchev–Trinajstić information content (AvgIpc) is 3.91. The Kier molecular flexibility index (Phi) is 13.1. The number of nitrogens with zero attached hydrogens (tertiary/aromatic N) is 4. The molecule has 288 valence electrons. The highest BCUT2D eigenvalue weighted by molar-refractivity contribution is 7.98. The molecule has 8 rings (SSSR count). The van der Waals surface area contributed by atoms with Crippen molar-refractivity contribution >= 4 is 52.8 Å². The van der Waals surface area contributed by atoms with Crippen molar-refractivity contribution < 1.29 is 19.1 Å². The Hall–Kier alpha value is -6.53. The van der Waals surface area contributed by atoms with Crippen LogP contribution in [-0.2, 0) is 0 Å². The molecule has 1 N–H and O–H groups in total. The van der Waals surface area contributed by atoms with Crippen molar-refractivity contribution in [3.63, 3.8) is 0 Å². The Morgan fingerprint density at radius 3 is 1.41 bits per heavy atom. The van der Waals surface area contributed by atoms with E-state index in [1.165, 1.54) is 32.9 Å². The van der Waals surface area contributed by atoms with Crippen LogP contribution in [0.5, 0.6) is 23.0 Å². The molecular weight excluding hydrogens is 786 g/mol. The Morgan fingerprint density at radius 2 is 0.948 bits per heavy atom. The molecule has 0 unspecified atom stereocenters. The number of nitrogens with one attached hydrogen (secondary N) is 1. The number of amides is 1. The molecule has 1 amide bonds. The van der Waals surface area contributed by atoms with E-state index in [-0.39, 0.29) is 11.9 Å². The summed E-state index contributed by atoms with van der Waals surface area (Å²) in [5.74, 6) is 2.85. The lowest BCUT2D eigenvalue weighted by atomic mass is 10.1. The molecular formula is C46H36ClN5O4S2. The quantitative estimate of drug-likeness (QED) is 0.136. The van der Waals surface area contributed by atoms with Gasteiger partial charge in [-0.1, -0.05) is 66.2 Å². The number of hydrogen-bond acceptors (Lipinski definition) is 8. The predicted octanol–water partition coefficient (Wildman–Crippen LogP) is 12.6. The van der Waals surface area contributed by atoms with Crippen LogP contribution in [0.1, 0.15) is 10.4 Å². The van der Waals surface area contributed by atoms with Gasteiger partial charge in [-0.15, -0.1) is 23.5 Å². The van der Waals surface area contributed by atoms with Crippen LogP contribution in [0, 0.1) is 0 Å². The van der Waals surface area contributed by atoms with Crippen LogP contribution in [0.25, 0.3) is 22.5 Å². The molecule has 2 heterocycles. The van der Waals surface area contributed by atoms with Crippen molar-refractivity contribution in [2.24, 2.45) is 0 Å². The standard InChI is InChI=1S/C23H17ClN2O2S.C23H19N3O2S/c1-29-22-15-21(25-26(22)23(27)17-7-11-18(24)12-8-17)16-9-13-20(14-10-16)28-19-5-3-2-4-6-19;1-29-22-16-21(25-26(22)23(27)24-18-8-4-2-5-9-18)17-12-14-20(15-13-17)28-19-10-6-3-7-11-19/h2-15H,1H3;2-16H,1H3,(H,24,27). The zero-order valence-electron chi connectivity index (χ0n) is 31.4. The van der Waals surface area contributed by atoms with Gasteiger partial charge in [0.2, 0.25) is 0 Å². The highest BCUT2D eigenvalue weighted by Gasteiger charge is 2.18. The summed E-state index contributed by atoms with van der Waals surface area (Å²) in [7, 11) is 0. The molecule has 0 aliphatic carbocycles. The third-order valence-corrected chi connectivity index (χ3v) is 10.2. The van der Waals surface area contributed by atoms with E-state index in [1.54, 1.807) is 24.3 Å². The van der Waals surface area contributed by atoms with Crippen molar-refractivity contribution in [2.45, 2.75) is 10.1 Å². The maximum Gasteiger partial charge on any atom is 0.347 e. The number of rotatable bonds is 10. The lowest BCUT2D eigenvalue weighted by Gasteiger charge is -2.07. The molecule has 0 aliphatic heterocycles. The highest BCUT2D eigenvalue weighted by Crippen LogP contribution is 2.30. The normalized spacial score (nSPS) is 10.6. The van der Waals surface area contributed by atoms with E-state index in [1.807, 2.05) is 164 Å². The lowest BCUT2D eigenvalue weighted by molar-refractivity contribution is 0.0935. The maximum absolute atomic E-state index is 12.9. The second-order valence-corrected chi connectivity index (χ2v) is 14.5. The van der Waals surface area contributed by atoms with Crippen molar-refractivity contribution in [2.75, 3.05) is 17.8 Å². The minimum Gasteiger partial charge on any atom is -0.457 e. The zero-order chi connectivity index (χ0) is 40.3.